The van der Waals surface area contributed by atoms with Gasteiger partial charge in [0.15, 0.2) is 16.5 Å². The van der Waals surface area contributed by atoms with E-state index >= 15 is 0 Å². The van der Waals surface area contributed by atoms with E-state index in [-0.39, 0.29) is 0 Å². The molecule has 1 aliphatic heterocycles. The molecule has 3 aromatic rings. The molecule has 0 radical (unpaired) electrons. The summed E-state index contributed by atoms with van der Waals surface area (Å²) in [5.41, 5.74) is 8.81. The van der Waals surface area contributed by atoms with Crippen molar-refractivity contribution in [1.82, 2.24) is 9.38 Å². The molecular weight excluding hydrogens is 274 g/mol. The molecule has 5 nitrogen and oxygen atoms in total. The Morgan fingerprint density at radius 3 is 2.95 bits per heavy atom. The fraction of sp³-hybridized carbons (Fsp3) is 0.214. The molecule has 0 bridgehead atoms. The number of rotatable bonds is 2. The number of hydrogen-bond donors (Lipinski definition) is 1. The average Bonchev–Trinajstić information content (AvgIpc) is 3.07. The van der Waals surface area contributed by atoms with Crippen LogP contribution < -0.4 is 15.2 Å². The molecule has 0 saturated carbocycles. The zero-order valence-electron chi connectivity index (χ0n) is 10.7. The Morgan fingerprint density at radius 2 is 2.10 bits per heavy atom. The van der Waals surface area contributed by atoms with Crippen LogP contribution in [0.25, 0.3) is 16.2 Å². The summed E-state index contributed by atoms with van der Waals surface area (Å²) in [6.45, 7) is 1.63. The van der Waals surface area contributed by atoms with Gasteiger partial charge in [-0.25, -0.2) is 4.98 Å². The first-order valence-corrected chi connectivity index (χ1v) is 7.29. The number of thiazole rings is 1. The molecule has 0 saturated heterocycles. The number of hydrogen-bond acceptors (Lipinski definition) is 5. The van der Waals surface area contributed by atoms with Gasteiger partial charge in [0.05, 0.1) is 11.4 Å². The molecule has 2 N–H and O–H groups in total. The predicted molar refractivity (Wildman–Crippen MR) is 77.4 cm³/mol. The number of imidazole rings is 1. The van der Waals surface area contributed by atoms with Gasteiger partial charge in [-0.05, 0) is 18.2 Å². The Balaban J connectivity index is 1.88. The monoisotopic (exact) mass is 287 g/mol. The topological polar surface area (TPSA) is 61.8 Å². The summed E-state index contributed by atoms with van der Waals surface area (Å²) >= 11 is 1.60. The lowest BCUT2D eigenvalue weighted by atomic mass is 10.1. The fourth-order valence-corrected chi connectivity index (χ4v) is 3.18. The number of nitrogens with zero attached hydrogens (tertiary/aromatic N) is 2. The maximum atomic E-state index is 5.88. The van der Waals surface area contributed by atoms with Crippen LogP contribution in [-0.2, 0) is 6.54 Å². The number of benzene rings is 1. The second-order valence-electron chi connectivity index (χ2n) is 4.53. The zero-order chi connectivity index (χ0) is 13.5. The van der Waals surface area contributed by atoms with Gasteiger partial charge in [0.1, 0.15) is 13.2 Å². The van der Waals surface area contributed by atoms with E-state index in [1.807, 2.05) is 34.2 Å². The third-order valence-corrected chi connectivity index (χ3v) is 4.13. The van der Waals surface area contributed by atoms with Crippen LogP contribution >= 0.6 is 11.3 Å². The average molecular weight is 287 g/mol. The molecule has 3 heterocycles. The van der Waals surface area contributed by atoms with E-state index in [4.69, 9.17) is 15.2 Å². The molecule has 20 heavy (non-hydrogen) atoms. The molecular formula is C14H13N3O2S. The smallest absolute Gasteiger partial charge is 0.194 e. The molecule has 0 atom stereocenters. The minimum Gasteiger partial charge on any atom is -0.486 e. The van der Waals surface area contributed by atoms with Crippen LogP contribution in [0, 0.1) is 0 Å². The van der Waals surface area contributed by atoms with E-state index in [0.717, 1.165) is 33.4 Å². The van der Waals surface area contributed by atoms with Gasteiger partial charge in [-0.15, -0.1) is 11.3 Å². The number of ether oxygens (including phenoxy) is 2. The molecule has 0 amide bonds. The highest BCUT2D eigenvalue weighted by atomic mass is 32.1. The largest absolute Gasteiger partial charge is 0.486 e. The normalized spacial score (nSPS) is 13.8. The number of fused-ring (bicyclic) bond motifs is 2. The number of nitrogens with two attached hydrogens (primary N) is 1. The van der Waals surface area contributed by atoms with E-state index in [2.05, 4.69) is 4.98 Å². The lowest BCUT2D eigenvalue weighted by Gasteiger charge is -2.18. The minimum atomic E-state index is 0.446. The second kappa shape index (κ2) is 4.50. The van der Waals surface area contributed by atoms with Crippen molar-refractivity contribution in [2.24, 2.45) is 5.73 Å². The Kier molecular flexibility index (Phi) is 2.64. The van der Waals surface area contributed by atoms with Crippen molar-refractivity contribution in [2.45, 2.75) is 6.54 Å². The molecule has 102 valence electrons. The first-order chi connectivity index (χ1) is 9.86. The lowest BCUT2D eigenvalue weighted by molar-refractivity contribution is 0.171. The Hall–Kier alpha value is -2.05. The standard InChI is InChI=1S/C14H13N3O2S/c15-8-10-13(16-14-17(10)3-6-20-14)9-1-2-11-12(7-9)19-5-4-18-11/h1-3,6-7H,4-5,8,15H2. The van der Waals surface area contributed by atoms with Gasteiger partial charge in [-0.3, -0.25) is 4.40 Å². The molecule has 0 spiro atoms. The van der Waals surface area contributed by atoms with Crippen molar-refractivity contribution in [3.63, 3.8) is 0 Å². The van der Waals surface area contributed by atoms with Crippen molar-refractivity contribution in [1.29, 1.82) is 0 Å². The van der Waals surface area contributed by atoms with E-state index in [1.54, 1.807) is 11.3 Å². The molecule has 1 aliphatic rings. The molecule has 0 fully saturated rings. The highest BCUT2D eigenvalue weighted by Crippen LogP contribution is 2.35. The van der Waals surface area contributed by atoms with E-state index in [1.165, 1.54) is 0 Å². The second-order valence-corrected chi connectivity index (χ2v) is 5.40. The third kappa shape index (κ3) is 1.69. The van der Waals surface area contributed by atoms with Crippen LogP contribution in [0.1, 0.15) is 5.69 Å². The van der Waals surface area contributed by atoms with E-state index in [9.17, 15) is 0 Å². The summed E-state index contributed by atoms with van der Waals surface area (Å²) in [7, 11) is 0. The van der Waals surface area contributed by atoms with Crippen molar-refractivity contribution in [3.8, 4) is 22.8 Å². The van der Waals surface area contributed by atoms with E-state index < -0.39 is 0 Å². The summed E-state index contributed by atoms with van der Waals surface area (Å²) in [5.74, 6) is 1.56. The van der Waals surface area contributed by atoms with Gasteiger partial charge in [0.2, 0.25) is 0 Å². The Morgan fingerprint density at radius 1 is 1.25 bits per heavy atom. The molecule has 2 aromatic heterocycles. The molecule has 4 rings (SSSR count). The van der Waals surface area contributed by atoms with Crippen molar-refractivity contribution >= 4 is 16.3 Å². The van der Waals surface area contributed by atoms with Gasteiger partial charge in [-0.2, -0.15) is 0 Å². The summed E-state index contributed by atoms with van der Waals surface area (Å²) in [6.07, 6.45) is 2.00. The van der Waals surface area contributed by atoms with Gasteiger partial charge in [0, 0.05) is 23.7 Å². The lowest BCUT2D eigenvalue weighted by Crippen LogP contribution is -2.15. The van der Waals surface area contributed by atoms with E-state index in [0.29, 0.717) is 19.8 Å². The minimum absolute atomic E-state index is 0.446. The first kappa shape index (κ1) is 11.7. The Labute approximate surface area is 119 Å². The van der Waals surface area contributed by atoms with Crippen LogP contribution in [0.3, 0.4) is 0 Å². The summed E-state index contributed by atoms with van der Waals surface area (Å²) in [6, 6.07) is 5.90. The van der Waals surface area contributed by atoms with Crippen molar-refractivity contribution < 1.29 is 9.47 Å². The maximum absolute atomic E-state index is 5.88. The van der Waals surface area contributed by atoms with Crippen molar-refractivity contribution in [3.05, 3.63) is 35.5 Å². The van der Waals surface area contributed by atoms with Crippen LogP contribution in [0.4, 0.5) is 0 Å². The van der Waals surface area contributed by atoms with Gasteiger partial charge in [-0.1, -0.05) is 0 Å². The van der Waals surface area contributed by atoms with Gasteiger partial charge in [0.25, 0.3) is 0 Å². The van der Waals surface area contributed by atoms with Crippen LogP contribution in [0.5, 0.6) is 11.5 Å². The summed E-state index contributed by atoms with van der Waals surface area (Å²) < 4.78 is 13.2. The van der Waals surface area contributed by atoms with Crippen LogP contribution in [-0.4, -0.2) is 22.6 Å². The number of aromatic nitrogens is 2. The quantitative estimate of drug-likeness (QED) is 0.785. The molecule has 1 aromatic carbocycles. The highest BCUT2D eigenvalue weighted by molar-refractivity contribution is 7.15. The highest BCUT2D eigenvalue weighted by Gasteiger charge is 2.17. The van der Waals surface area contributed by atoms with Crippen LogP contribution in [0.2, 0.25) is 0 Å². The zero-order valence-corrected chi connectivity index (χ0v) is 11.5. The summed E-state index contributed by atoms with van der Waals surface area (Å²) in [4.78, 5) is 5.62. The SMILES string of the molecule is NCc1c(-c2ccc3c(c2)OCCO3)nc2sccn12. The molecule has 0 aliphatic carbocycles. The van der Waals surface area contributed by atoms with Gasteiger partial charge < -0.3 is 15.2 Å². The molecule has 0 unspecified atom stereocenters. The van der Waals surface area contributed by atoms with Crippen LogP contribution in [0.15, 0.2) is 29.8 Å². The maximum Gasteiger partial charge on any atom is 0.194 e. The molecule has 6 heteroatoms. The predicted octanol–water partition coefficient (Wildman–Crippen LogP) is 2.29. The summed E-state index contributed by atoms with van der Waals surface area (Å²) in [5, 5.41) is 2.01. The van der Waals surface area contributed by atoms with Gasteiger partial charge >= 0.3 is 0 Å². The third-order valence-electron chi connectivity index (χ3n) is 3.37. The first-order valence-electron chi connectivity index (χ1n) is 6.41. The fourth-order valence-electron chi connectivity index (χ4n) is 2.45. The Bertz CT molecular complexity index is 778. The van der Waals surface area contributed by atoms with Crippen molar-refractivity contribution in [2.75, 3.05) is 13.2 Å².